The number of hydrogen-bond donors (Lipinski definition) is 1. The number of aliphatic hydroxyl groups is 1. The van der Waals surface area contributed by atoms with Gasteiger partial charge < -0.3 is 10.0 Å². The van der Waals surface area contributed by atoms with Crippen molar-refractivity contribution in [3.8, 4) is 0 Å². The van der Waals surface area contributed by atoms with Gasteiger partial charge in [-0.2, -0.15) is 0 Å². The topological polar surface area (TPSA) is 40.5 Å². The number of rotatable bonds is 3. The molecule has 2 aromatic rings. The van der Waals surface area contributed by atoms with Gasteiger partial charge in [0.1, 0.15) is 5.82 Å². The minimum Gasteiger partial charge on any atom is -0.385 e. The van der Waals surface area contributed by atoms with Crippen LogP contribution in [0.4, 0.5) is 10.1 Å². The van der Waals surface area contributed by atoms with Crippen molar-refractivity contribution in [2.75, 3.05) is 11.4 Å². The molecule has 0 fully saturated rings. The monoisotopic (exact) mass is 313 g/mol. The molecule has 0 radical (unpaired) electrons. The molecule has 1 unspecified atom stereocenters. The van der Waals surface area contributed by atoms with Crippen LogP contribution in [-0.4, -0.2) is 17.6 Å². The molecule has 1 heterocycles. The lowest BCUT2D eigenvalue weighted by Gasteiger charge is -2.32. The summed E-state index contributed by atoms with van der Waals surface area (Å²) in [4.78, 5) is 14.4. The first-order chi connectivity index (χ1) is 11.0. The maximum atomic E-state index is 13.4. The van der Waals surface area contributed by atoms with Gasteiger partial charge in [-0.15, -0.1) is 0 Å². The van der Waals surface area contributed by atoms with Gasteiger partial charge in [0.15, 0.2) is 0 Å². The van der Waals surface area contributed by atoms with Crippen molar-refractivity contribution in [2.45, 2.75) is 31.8 Å². The van der Waals surface area contributed by atoms with E-state index >= 15 is 0 Å². The molecule has 120 valence electrons. The van der Waals surface area contributed by atoms with Gasteiger partial charge in [-0.25, -0.2) is 4.39 Å². The van der Waals surface area contributed by atoms with Gasteiger partial charge in [-0.1, -0.05) is 30.3 Å². The normalized spacial score (nSPS) is 16.6. The Morgan fingerprint density at radius 1 is 1.26 bits per heavy atom. The second-order valence-electron chi connectivity index (χ2n) is 6.24. The molecule has 0 bridgehead atoms. The highest BCUT2D eigenvalue weighted by atomic mass is 19.1. The molecule has 0 saturated heterocycles. The standard InChI is InChI=1S/C19H20FNO2/c1-19(23,15-7-3-2-4-8-15)13-18(22)21-11-5-6-14-12-16(20)9-10-17(14)21/h2-4,7-10,12,23H,5-6,11,13H2,1H3. The summed E-state index contributed by atoms with van der Waals surface area (Å²) >= 11 is 0. The summed E-state index contributed by atoms with van der Waals surface area (Å²) in [6.45, 7) is 2.25. The van der Waals surface area contributed by atoms with E-state index in [4.69, 9.17) is 0 Å². The van der Waals surface area contributed by atoms with Gasteiger partial charge in [-0.05, 0) is 49.1 Å². The number of carbonyl (C=O) groups excluding carboxylic acids is 1. The van der Waals surface area contributed by atoms with Crippen molar-refractivity contribution in [2.24, 2.45) is 0 Å². The fourth-order valence-corrected chi connectivity index (χ4v) is 3.11. The van der Waals surface area contributed by atoms with Crippen LogP contribution in [0, 0.1) is 5.82 Å². The molecule has 2 aromatic carbocycles. The fraction of sp³-hybridized carbons (Fsp3) is 0.316. The number of hydrogen-bond acceptors (Lipinski definition) is 2. The maximum Gasteiger partial charge on any atom is 0.230 e. The number of nitrogens with zero attached hydrogens (tertiary/aromatic N) is 1. The van der Waals surface area contributed by atoms with Gasteiger partial charge >= 0.3 is 0 Å². The van der Waals surface area contributed by atoms with Crippen molar-refractivity contribution in [1.29, 1.82) is 0 Å². The molecule has 23 heavy (non-hydrogen) atoms. The Kier molecular flexibility index (Phi) is 4.18. The molecule has 4 heteroatoms. The molecule has 3 nitrogen and oxygen atoms in total. The summed E-state index contributed by atoms with van der Waals surface area (Å²) in [5.74, 6) is -0.430. The van der Waals surface area contributed by atoms with E-state index in [1.54, 1.807) is 17.9 Å². The number of benzene rings is 2. The zero-order chi connectivity index (χ0) is 16.4. The van der Waals surface area contributed by atoms with Crippen LogP contribution in [0.15, 0.2) is 48.5 Å². The van der Waals surface area contributed by atoms with Crippen molar-refractivity contribution in [3.63, 3.8) is 0 Å². The molecular weight excluding hydrogens is 293 g/mol. The first-order valence-electron chi connectivity index (χ1n) is 7.84. The quantitative estimate of drug-likeness (QED) is 0.943. The lowest BCUT2D eigenvalue weighted by Crippen LogP contribution is -2.39. The highest BCUT2D eigenvalue weighted by molar-refractivity contribution is 5.95. The third kappa shape index (κ3) is 3.27. The lowest BCUT2D eigenvalue weighted by molar-refractivity contribution is -0.123. The van der Waals surface area contributed by atoms with Crippen molar-refractivity contribution >= 4 is 11.6 Å². The van der Waals surface area contributed by atoms with Gasteiger partial charge in [0.25, 0.3) is 0 Å². The predicted molar refractivity (Wildman–Crippen MR) is 87.7 cm³/mol. The van der Waals surface area contributed by atoms with Gasteiger partial charge in [0.05, 0.1) is 12.0 Å². The lowest BCUT2D eigenvalue weighted by atomic mass is 9.91. The average molecular weight is 313 g/mol. The molecule has 1 aliphatic heterocycles. The number of amides is 1. The van der Waals surface area contributed by atoms with E-state index in [-0.39, 0.29) is 18.1 Å². The zero-order valence-electron chi connectivity index (χ0n) is 13.1. The van der Waals surface area contributed by atoms with E-state index in [0.717, 1.165) is 24.1 Å². The van der Waals surface area contributed by atoms with E-state index in [1.807, 2.05) is 30.3 Å². The van der Waals surface area contributed by atoms with Crippen molar-refractivity contribution < 1.29 is 14.3 Å². The SMILES string of the molecule is CC(O)(CC(=O)N1CCCc2cc(F)ccc21)c1ccccc1. The van der Waals surface area contributed by atoms with E-state index < -0.39 is 5.60 Å². The number of carbonyl (C=O) groups is 1. The van der Waals surface area contributed by atoms with Gasteiger partial charge in [0.2, 0.25) is 5.91 Å². The summed E-state index contributed by atoms with van der Waals surface area (Å²) in [6, 6.07) is 13.7. The predicted octanol–water partition coefficient (Wildman–Crippen LogP) is 3.40. The smallest absolute Gasteiger partial charge is 0.230 e. The molecule has 0 aliphatic carbocycles. The van der Waals surface area contributed by atoms with Crippen molar-refractivity contribution in [3.05, 3.63) is 65.5 Å². The molecule has 0 saturated carbocycles. The third-order valence-corrected chi connectivity index (χ3v) is 4.35. The van der Waals surface area contributed by atoms with Crippen LogP contribution >= 0.6 is 0 Å². The third-order valence-electron chi connectivity index (χ3n) is 4.35. The molecule has 1 atom stereocenters. The molecule has 1 N–H and O–H groups in total. The Morgan fingerprint density at radius 3 is 2.74 bits per heavy atom. The minimum atomic E-state index is -1.23. The van der Waals surface area contributed by atoms with Crippen LogP contribution in [0.3, 0.4) is 0 Å². The molecule has 1 amide bonds. The number of halogens is 1. The first kappa shape index (κ1) is 15.7. The Morgan fingerprint density at radius 2 is 2.00 bits per heavy atom. The second-order valence-corrected chi connectivity index (χ2v) is 6.24. The highest BCUT2D eigenvalue weighted by Crippen LogP contribution is 2.31. The molecule has 0 spiro atoms. The van der Waals surface area contributed by atoms with Crippen LogP contribution < -0.4 is 4.90 Å². The fourth-order valence-electron chi connectivity index (χ4n) is 3.11. The Balaban J connectivity index is 1.82. The summed E-state index contributed by atoms with van der Waals surface area (Å²) in [5.41, 5.74) is 1.09. The van der Waals surface area contributed by atoms with Crippen LogP contribution in [0.25, 0.3) is 0 Å². The van der Waals surface area contributed by atoms with E-state index in [2.05, 4.69) is 0 Å². The van der Waals surface area contributed by atoms with Crippen LogP contribution in [0.1, 0.15) is 30.9 Å². The van der Waals surface area contributed by atoms with E-state index in [9.17, 15) is 14.3 Å². The van der Waals surface area contributed by atoms with E-state index in [0.29, 0.717) is 12.1 Å². The summed E-state index contributed by atoms with van der Waals surface area (Å²) < 4.78 is 13.4. The zero-order valence-corrected chi connectivity index (χ0v) is 13.1. The molecule has 3 rings (SSSR count). The second kappa shape index (κ2) is 6.13. The minimum absolute atomic E-state index is 0.00612. The molecular formula is C19H20FNO2. The largest absolute Gasteiger partial charge is 0.385 e. The number of anilines is 1. The van der Waals surface area contributed by atoms with Crippen LogP contribution in [0.5, 0.6) is 0 Å². The van der Waals surface area contributed by atoms with Gasteiger partial charge in [0, 0.05) is 12.2 Å². The maximum absolute atomic E-state index is 13.4. The number of fused-ring (bicyclic) bond motifs is 1. The summed E-state index contributed by atoms with van der Waals surface area (Å²) in [7, 11) is 0. The van der Waals surface area contributed by atoms with Crippen LogP contribution in [0.2, 0.25) is 0 Å². The molecule has 1 aliphatic rings. The highest BCUT2D eigenvalue weighted by Gasteiger charge is 2.31. The van der Waals surface area contributed by atoms with Crippen LogP contribution in [-0.2, 0) is 16.8 Å². The van der Waals surface area contributed by atoms with E-state index in [1.165, 1.54) is 12.1 Å². The number of aryl methyl sites for hydroxylation is 1. The summed E-state index contributed by atoms with van der Waals surface area (Å²) in [6.07, 6.45) is 1.56. The Labute approximate surface area is 135 Å². The van der Waals surface area contributed by atoms with Gasteiger partial charge in [-0.3, -0.25) is 4.79 Å². The van der Waals surface area contributed by atoms with Crippen molar-refractivity contribution in [1.82, 2.24) is 0 Å². The summed E-state index contributed by atoms with van der Waals surface area (Å²) in [5, 5.41) is 10.7. The molecule has 0 aromatic heterocycles. The Bertz CT molecular complexity index is 713. The average Bonchev–Trinajstić information content (AvgIpc) is 2.54. The Hall–Kier alpha value is -2.20. The first-order valence-corrected chi connectivity index (χ1v) is 7.84.